The first-order valence-electron chi connectivity index (χ1n) is 9.31. The predicted octanol–water partition coefficient (Wildman–Crippen LogP) is 7.39. The van der Waals surface area contributed by atoms with E-state index in [9.17, 15) is 0 Å². The molecule has 0 bridgehead atoms. The Morgan fingerprint density at radius 3 is 1.90 bits per heavy atom. The van der Waals surface area contributed by atoms with Gasteiger partial charge in [-0.25, -0.2) is 0 Å². The Balaban J connectivity index is 3.12. The van der Waals surface area contributed by atoms with Crippen molar-refractivity contribution in [3.05, 3.63) is 12.8 Å². The first-order valence-corrected chi connectivity index (χ1v) is 9.31. The second-order valence-corrected chi connectivity index (χ2v) is 6.79. The zero-order valence-corrected chi connectivity index (χ0v) is 14.8. The van der Waals surface area contributed by atoms with Gasteiger partial charge in [-0.05, 0) is 37.5 Å². The van der Waals surface area contributed by atoms with Gasteiger partial charge < -0.3 is 0 Å². The summed E-state index contributed by atoms with van der Waals surface area (Å²) in [5.74, 6) is 1.64. The van der Waals surface area contributed by atoms with Gasteiger partial charge in [0.25, 0.3) is 0 Å². The topological polar surface area (TPSA) is 0 Å². The van der Waals surface area contributed by atoms with E-state index in [1.807, 2.05) is 0 Å². The van der Waals surface area contributed by atoms with Crippen molar-refractivity contribution >= 4 is 0 Å². The molecule has 0 aliphatic rings. The molecule has 0 saturated carbocycles. The summed E-state index contributed by atoms with van der Waals surface area (Å²) in [7, 11) is 0. The van der Waals surface area contributed by atoms with Crippen LogP contribution in [0.5, 0.6) is 0 Å². The molecule has 0 amide bonds. The average Bonchev–Trinajstić information content (AvgIpc) is 2.44. The van der Waals surface area contributed by atoms with Crippen LogP contribution in [0, 0.1) is 24.7 Å². The van der Waals surface area contributed by atoms with Crippen molar-refractivity contribution in [1.29, 1.82) is 0 Å². The fourth-order valence-electron chi connectivity index (χ4n) is 2.87. The first kappa shape index (κ1) is 20.0. The number of rotatable bonds is 15. The van der Waals surface area contributed by atoms with Crippen LogP contribution in [0.4, 0.5) is 0 Å². The molecule has 20 heavy (non-hydrogen) atoms. The Morgan fingerprint density at radius 2 is 1.35 bits per heavy atom. The van der Waals surface area contributed by atoms with Gasteiger partial charge in [-0.3, -0.25) is 0 Å². The first-order chi connectivity index (χ1) is 9.70. The summed E-state index contributed by atoms with van der Waals surface area (Å²) in [6.45, 7) is 9.20. The van der Waals surface area contributed by atoms with Gasteiger partial charge in [0.2, 0.25) is 0 Å². The van der Waals surface area contributed by atoms with E-state index in [0.717, 1.165) is 11.8 Å². The number of hydrogen-bond acceptors (Lipinski definition) is 0. The van der Waals surface area contributed by atoms with Gasteiger partial charge in [0.15, 0.2) is 0 Å². The quantitative estimate of drug-likeness (QED) is 0.274. The van der Waals surface area contributed by atoms with Crippen LogP contribution >= 0.6 is 0 Å². The molecule has 0 aliphatic heterocycles. The van der Waals surface area contributed by atoms with Gasteiger partial charge >= 0.3 is 0 Å². The molecular formula is C20H40. The van der Waals surface area contributed by atoms with Crippen molar-refractivity contribution in [1.82, 2.24) is 0 Å². The van der Waals surface area contributed by atoms with Crippen molar-refractivity contribution in [2.45, 2.75) is 105 Å². The maximum Gasteiger partial charge on any atom is -0.0383 e. The lowest BCUT2D eigenvalue weighted by Gasteiger charge is -2.15. The van der Waals surface area contributed by atoms with Crippen LogP contribution in [0.25, 0.3) is 0 Å². The van der Waals surface area contributed by atoms with Gasteiger partial charge in [0, 0.05) is 0 Å². The van der Waals surface area contributed by atoms with Crippen LogP contribution in [0.15, 0.2) is 0 Å². The molecule has 2 radical (unpaired) electrons. The minimum Gasteiger partial charge on any atom is -0.0654 e. The predicted molar refractivity (Wildman–Crippen MR) is 93.7 cm³/mol. The standard InChI is InChI=1S/C20H40/c1-5-7-8-9-10-11-12-13-14-15-16-17-20(4)18-19(3)6-2/h6,16,19-20H,5,7-15,17-18H2,1-4H3. The Bertz CT molecular complexity index is 173. The Hall–Kier alpha value is 0. The summed E-state index contributed by atoms with van der Waals surface area (Å²) < 4.78 is 0. The lowest BCUT2D eigenvalue weighted by atomic mass is 9.91. The smallest absolute Gasteiger partial charge is 0.0383 e. The molecule has 120 valence electrons. The lowest BCUT2D eigenvalue weighted by Crippen LogP contribution is -2.02. The van der Waals surface area contributed by atoms with E-state index >= 15 is 0 Å². The number of unbranched alkanes of at least 4 members (excludes halogenated alkanes) is 10. The van der Waals surface area contributed by atoms with Crippen molar-refractivity contribution < 1.29 is 0 Å². The maximum atomic E-state index is 2.54. The van der Waals surface area contributed by atoms with Crippen LogP contribution in [0.3, 0.4) is 0 Å². The molecule has 2 unspecified atom stereocenters. The van der Waals surface area contributed by atoms with Crippen molar-refractivity contribution in [3.63, 3.8) is 0 Å². The van der Waals surface area contributed by atoms with Crippen LogP contribution < -0.4 is 0 Å². The highest BCUT2D eigenvalue weighted by Crippen LogP contribution is 2.19. The molecular weight excluding hydrogens is 240 g/mol. The maximum absolute atomic E-state index is 2.54. The van der Waals surface area contributed by atoms with E-state index in [0.29, 0.717) is 0 Å². The SMILES string of the molecule is C[CH]C(C)CC(C)C[CH]CCCCCCCCCCC. The second-order valence-electron chi connectivity index (χ2n) is 6.79. The minimum atomic E-state index is 0.783. The van der Waals surface area contributed by atoms with Crippen molar-refractivity contribution in [2.75, 3.05) is 0 Å². The molecule has 0 rings (SSSR count). The summed E-state index contributed by atoms with van der Waals surface area (Å²) in [6, 6.07) is 0. The number of hydrogen-bond donors (Lipinski definition) is 0. The summed E-state index contributed by atoms with van der Waals surface area (Å²) in [6.07, 6.45) is 21.8. The van der Waals surface area contributed by atoms with Crippen molar-refractivity contribution in [2.24, 2.45) is 11.8 Å². The van der Waals surface area contributed by atoms with Crippen LogP contribution in [0.1, 0.15) is 105 Å². The van der Waals surface area contributed by atoms with E-state index in [1.165, 1.54) is 77.0 Å². The van der Waals surface area contributed by atoms with Crippen LogP contribution in [-0.2, 0) is 0 Å². The molecule has 0 aromatic carbocycles. The molecule has 0 nitrogen and oxygen atoms in total. The molecule has 0 N–H and O–H groups in total. The summed E-state index contributed by atoms with van der Waals surface area (Å²) in [4.78, 5) is 0. The van der Waals surface area contributed by atoms with Crippen molar-refractivity contribution in [3.8, 4) is 0 Å². The normalized spacial score (nSPS) is 14.4. The molecule has 0 heteroatoms. The second kappa shape index (κ2) is 15.4. The summed E-state index contributed by atoms with van der Waals surface area (Å²) in [5.41, 5.74) is 0. The molecule has 0 fully saturated rings. The molecule has 0 heterocycles. The largest absolute Gasteiger partial charge is 0.0654 e. The van der Waals surface area contributed by atoms with Crippen LogP contribution in [0.2, 0.25) is 0 Å². The summed E-state index contributed by atoms with van der Waals surface area (Å²) >= 11 is 0. The van der Waals surface area contributed by atoms with E-state index < -0.39 is 0 Å². The van der Waals surface area contributed by atoms with E-state index in [1.54, 1.807) is 0 Å². The van der Waals surface area contributed by atoms with Gasteiger partial charge in [-0.1, -0.05) is 91.9 Å². The van der Waals surface area contributed by atoms with Crippen LogP contribution in [-0.4, -0.2) is 0 Å². The minimum absolute atomic E-state index is 0.783. The highest BCUT2D eigenvalue weighted by atomic mass is 14.1. The molecule has 0 aromatic rings. The Morgan fingerprint density at radius 1 is 0.800 bits per heavy atom. The third kappa shape index (κ3) is 14.4. The highest BCUT2D eigenvalue weighted by molar-refractivity contribution is 4.74. The van der Waals surface area contributed by atoms with E-state index in [2.05, 4.69) is 40.5 Å². The molecule has 0 saturated heterocycles. The monoisotopic (exact) mass is 280 g/mol. The van der Waals surface area contributed by atoms with Gasteiger partial charge in [-0.2, -0.15) is 0 Å². The van der Waals surface area contributed by atoms with Gasteiger partial charge in [0.1, 0.15) is 0 Å². The van der Waals surface area contributed by atoms with E-state index in [-0.39, 0.29) is 0 Å². The Labute approximate surface area is 130 Å². The molecule has 0 aliphatic carbocycles. The fourth-order valence-corrected chi connectivity index (χ4v) is 2.87. The zero-order chi connectivity index (χ0) is 15.1. The van der Waals surface area contributed by atoms with Gasteiger partial charge in [0.05, 0.1) is 0 Å². The Kier molecular flexibility index (Phi) is 15.4. The molecule has 2 atom stereocenters. The summed E-state index contributed by atoms with van der Waals surface area (Å²) in [5, 5.41) is 0. The van der Waals surface area contributed by atoms with Gasteiger partial charge in [-0.15, -0.1) is 0 Å². The highest BCUT2D eigenvalue weighted by Gasteiger charge is 2.06. The van der Waals surface area contributed by atoms with E-state index in [4.69, 9.17) is 0 Å². The molecule has 0 spiro atoms. The third-order valence-corrected chi connectivity index (χ3v) is 4.42. The zero-order valence-electron chi connectivity index (χ0n) is 14.8. The third-order valence-electron chi connectivity index (χ3n) is 4.42. The lowest BCUT2D eigenvalue weighted by molar-refractivity contribution is 0.438. The fraction of sp³-hybridized carbons (Fsp3) is 0.900. The average molecular weight is 281 g/mol. The molecule has 0 aromatic heterocycles.